The zero-order valence-electron chi connectivity index (χ0n) is 16.5. The Morgan fingerprint density at radius 2 is 1.96 bits per heavy atom. The molecule has 3 aliphatic heterocycles. The van der Waals surface area contributed by atoms with E-state index in [1.54, 1.807) is 6.07 Å². The number of carbonyl (C=O) groups excluding carboxylic acids is 1. The molecule has 0 bridgehead atoms. The predicted octanol–water partition coefficient (Wildman–Crippen LogP) is 1.93. The largest absolute Gasteiger partial charge is 0.492 e. The molecule has 2 atom stereocenters. The van der Waals surface area contributed by atoms with Crippen LogP contribution in [0.3, 0.4) is 0 Å². The molecule has 3 heterocycles. The van der Waals surface area contributed by atoms with Crippen LogP contribution in [0.15, 0.2) is 12.1 Å². The molecule has 3 fully saturated rings. The van der Waals surface area contributed by atoms with Gasteiger partial charge in [-0.3, -0.25) is 4.79 Å². The number of hydrogen-bond acceptors (Lipinski definition) is 5. The maximum atomic E-state index is 12.8. The van der Waals surface area contributed by atoms with Crippen LogP contribution in [-0.2, 0) is 11.2 Å². The average molecular weight is 386 g/mol. The van der Waals surface area contributed by atoms with Gasteiger partial charge < -0.3 is 25.4 Å². The van der Waals surface area contributed by atoms with Crippen molar-refractivity contribution in [3.8, 4) is 5.75 Å². The van der Waals surface area contributed by atoms with Crippen molar-refractivity contribution in [2.45, 2.75) is 25.7 Å². The molecular formula is C22H31N3O3. The number of anilines is 1. The number of nitrogens with zero attached hydrogens (tertiary/aromatic N) is 1. The molecule has 0 aromatic heterocycles. The molecule has 0 spiro atoms. The zero-order valence-corrected chi connectivity index (χ0v) is 16.5. The van der Waals surface area contributed by atoms with E-state index in [1.807, 2.05) is 6.07 Å². The number of nitrogen functional groups attached to an aromatic ring is 1. The second kappa shape index (κ2) is 7.56. The lowest BCUT2D eigenvalue weighted by molar-refractivity contribution is 0.0535. The summed E-state index contributed by atoms with van der Waals surface area (Å²) in [5.74, 6) is 3.64. The fraction of sp³-hybridized carbons (Fsp3) is 0.682. The summed E-state index contributed by atoms with van der Waals surface area (Å²) in [6.45, 7) is 6.91. The first-order valence-corrected chi connectivity index (χ1v) is 10.8. The van der Waals surface area contributed by atoms with Gasteiger partial charge in [-0.15, -0.1) is 0 Å². The van der Waals surface area contributed by atoms with E-state index in [0.29, 0.717) is 23.8 Å². The van der Waals surface area contributed by atoms with Crippen LogP contribution in [0.5, 0.6) is 5.75 Å². The topological polar surface area (TPSA) is 76.8 Å². The fourth-order valence-electron chi connectivity index (χ4n) is 5.46. The van der Waals surface area contributed by atoms with Crippen LogP contribution in [-0.4, -0.2) is 56.8 Å². The minimum Gasteiger partial charge on any atom is -0.492 e. The van der Waals surface area contributed by atoms with Crippen LogP contribution in [0.2, 0.25) is 0 Å². The number of hydrogen-bond donors (Lipinski definition) is 2. The second-order valence-corrected chi connectivity index (χ2v) is 8.94. The van der Waals surface area contributed by atoms with Gasteiger partial charge in [-0.2, -0.15) is 0 Å². The third-order valence-electron chi connectivity index (χ3n) is 7.16. The first-order valence-electron chi connectivity index (χ1n) is 10.8. The smallest absolute Gasteiger partial charge is 0.255 e. The molecule has 6 nitrogen and oxygen atoms in total. The van der Waals surface area contributed by atoms with E-state index >= 15 is 0 Å². The number of nitrogens with one attached hydrogen (secondary N) is 1. The number of benzene rings is 1. The fourth-order valence-corrected chi connectivity index (χ4v) is 5.46. The Kier molecular flexibility index (Phi) is 4.93. The van der Waals surface area contributed by atoms with Gasteiger partial charge in [0.05, 0.1) is 12.2 Å². The third kappa shape index (κ3) is 3.48. The molecule has 2 unspecified atom stereocenters. The number of rotatable bonds is 5. The summed E-state index contributed by atoms with van der Waals surface area (Å²) in [7, 11) is 0. The van der Waals surface area contributed by atoms with E-state index in [4.69, 9.17) is 15.2 Å². The number of amides is 1. The first kappa shape index (κ1) is 18.3. The van der Waals surface area contributed by atoms with Gasteiger partial charge in [0, 0.05) is 50.6 Å². The summed E-state index contributed by atoms with van der Waals surface area (Å²) in [5, 5.41) is 3.16. The van der Waals surface area contributed by atoms with Gasteiger partial charge in [-0.05, 0) is 61.5 Å². The minimum atomic E-state index is -0.0258. The molecule has 152 valence electrons. The molecule has 28 heavy (non-hydrogen) atoms. The first-order chi connectivity index (χ1) is 13.7. The highest BCUT2D eigenvalue weighted by Gasteiger charge is 2.55. The lowest BCUT2D eigenvalue weighted by Gasteiger charge is -2.28. The third-order valence-corrected chi connectivity index (χ3v) is 7.16. The van der Waals surface area contributed by atoms with Crippen LogP contribution in [0.1, 0.15) is 35.2 Å². The predicted molar refractivity (Wildman–Crippen MR) is 107 cm³/mol. The second-order valence-electron chi connectivity index (χ2n) is 8.94. The molecule has 1 amide bonds. The highest BCUT2D eigenvalue weighted by Crippen LogP contribution is 2.51. The Labute approximate surface area is 166 Å². The van der Waals surface area contributed by atoms with Crippen LogP contribution in [0.25, 0.3) is 0 Å². The molecule has 1 saturated carbocycles. The SMILES string of the molecule is Nc1ccc(C(=O)NCC2C3CN(CC4CCOCC4)CC23)c2c1CCCO2. The normalized spacial score (nSPS) is 29.6. The number of carbonyl (C=O) groups is 1. The Balaban J connectivity index is 1.12. The minimum absolute atomic E-state index is 0.0258. The van der Waals surface area contributed by atoms with Gasteiger partial charge in [0.15, 0.2) is 0 Å². The van der Waals surface area contributed by atoms with Crippen molar-refractivity contribution in [1.82, 2.24) is 10.2 Å². The van der Waals surface area contributed by atoms with E-state index in [-0.39, 0.29) is 5.91 Å². The summed E-state index contributed by atoms with van der Waals surface area (Å²) in [6, 6.07) is 3.64. The molecule has 2 saturated heterocycles. The van der Waals surface area contributed by atoms with Gasteiger partial charge in [0.1, 0.15) is 5.75 Å². The number of piperidine rings is 1. The van der Waals surface area contributed by atoms with Crippen LogP contribution in [0.4, 0.5) is 5.69 Å². The highest BCUT2D eigenvalue weighted by molar-refractivity contribution is 5.98. The van der Waals surface area contributed by atoms with Crippen LogP contribution in [0, 0.1) is 23.7 Å². The molecule has 1 aromatic carbocycles. The zero-order chi connectivity index (χ0) is 19.1. The lowest BCUT2D eigenvalue weighted by Crippen LogP contribution is -2.35. The quantitative estimate of drug-likeness (QED) is 0.758. The molecule has 1 aliphatic carbocycles. The molecule has 5 rings (SSSR count). The Bertz CT molecular complexity index is 735. The van der Waals surface area contributed by atoms with Crippen molar-refractivity contribution >= 4 is 11.6 Å². The summed E-state index contributed by atoms with van der Waals surface area (Å²) in [6.07, 6.45) is 4.26. The van der Waals surface area contributed by atoms with E-state index in [0.717, 1.165) is 61.6 Å². The van der Waals surface area contributed by atoms with Crippen molar-refractivity contribution in [3.05, 3.63) is 23.3 Å². The summed E-state index contributed by atoms with van der Waals surface area (Å²) >= 11 is 0. The van der Waals surface area contributed by atoms with Crippen LogP contribution < -0.4 is 15.8 Å². The average Bonchev–Trinajstić information content (AvgIpc) is 3.18. The standard InChI is InChI=1S/C22H31N3O3/c23-20-4-3-16(21-15(20)2-1-7-28-21)22(26)24-10-17-18-12-25(13-19(17)18)11-14-5-8-27-9-6-14/h3-4,14,17-19H,1-2,5-13,23H2,(H,24,26). The van der Waals surface area contributed by atoms with Gasteiger partial charge >= 0.3 is 0 Å². The van der Waals surface area contributed by atoms with E-state index < -0.39 is 0 Å². The number of ether oxygens (including phenoxy) is 2. The van der Waals surface area contributed by atoms with Gasteiger partial charge in [-0.25, -0.2) is 0 Å². The lowest BCUT2D eigenvalue weighted by atomic mass is 9.99. The number of likely N-dealkylation sites (tertiary alicyclic amines) is 1. The summed E-state index contributed by atoms with van der Waals surface area (Å²) in [4.78, 5) is 15.4. The summed E-state index contributed by atoms with van der Waals surface area (Å²) in [5.41, 5.74) is 8.42. The van der Waals surface area contributed by atoms with Gasteiger partial charge in [0.2, 0.25) is 0 Å². The summed E-state index contributed by atoms with van der Waals surface area (Å²) < 4.78 is 11.3. The maximum Gasteiger partial charge on any atom is 0.255 e. The van der Waals surface area contributed by atoms with Gasteiger partial charge in [-0.1, -0.05) is 0 Å². The molecule has 3 N–H and O–H groups in total. The number of nitrogens with two attached hydrogens (primary N) is 1. The molecule has 0 radical (unpaired) electrons. The molecule has 6 heteroatoms. The van der Waals surface area contributed by atoms with Gasteiger partial charge in [0.25, 0.3) is 5.91 Å². The van der Waals surface area contributed by atoms with E-state index in [2.05, 4.69) is 10.2 Å². The van der Waals surface area contributed by atoms with E-state index in [1.165, 1.54) is 32.5 Å². The Hall–Kier alpha value is -1.79. The highest BCUT2D eigenvalue weighted by atomic mass is 16.5. The monoisotopic (exact) mass is 385 g/mol. The van der Waals surface area contributed by atoms with Crippen molar-refractivity contribution in [1.29, 1.82) is 0 Å². The molecular weight excluding hydrogens is 354 g/mol. The van der Waals surface area contributed by atoms with Crippen molar-refractivity contribution < 1.29 is 14.3 Å². The Morgan fingerprint density at radius 3 is 2.75 bits per heavy atom. The Morgan fingerprint density at radius 1 is 1.18 bits per heavy atom. The van der Waals surface area contributed by atoms with E-state index in [9.17, 15) is 4.79 Å². The maximum absolute atomic E-state index is 12.8. The molecule has 1 aromatic rings. The van der Waals surface area contributed by atoms with Crippen molar-refractivity contribution in [3.63, 3.8) is 0 Å². The van der Waals surface area contributed by atoms with Crippen LogP contribution >= 0.6 is 0 Å². The van der Waals surface area contributed by atoms with Crippen molar-refractivity contribution in [2.75, 3.05) is 51.7 Å². The number of fused-ring (bicyclic) bond motifs is 2. The van der Waals surface area contributed by atoms with Crippen molar-refractivity contribution in [2.24, 2.45) is 23.7 Å². The molecule has 4 aliphatic rings.